The van der Waals surface area contributed by atoms with Crippen molar-refractivity contribution in [2.45, 2.75) is 26.3 Å². The molecule has 3 nitrogen and oxygen atoms in total. The van der Waals surface area contributed by atoms with Crippen LogP contribution in [0.15, 0.2) is 48.1 Å². The van der Waals surface area contributed by atoms with Gasteiger partial charge >= 0.3 is 0 Å². The Morgan fingerprint density at radius 2 is 1.92 bits per heavy atom. The lowest BCUT2D eigenvalue weighted by molar-refractivity contribution is 0.656. The molecule has 0 radical (unpaired) electrons. The number of benzene rings is 1. The van der Waals surface area contributed by atoms with Crippen LogP contribution in [0.5, 0.6) is 0 Å². The smallest absolute Gasteiger partial charge is 0.186 e. The highest BCUT2D eigenvalue weighted by atomic mass is 35.5. The fraction of sp³-hybridized carbons (Fsp3) is 0.263. The molecule has 3 rings (SSSR count). The van der Waals surface area contributed by atoms with Gasteiger partial charge in [-0.3, -0.25) is 4.98 Å². The number of hydrogen-bond donors (Lipinski definition) is 0. The van der Waals surface area contributed by atoms with Crippen LogP contribution in [0, 0.1) is 0 Å². The lowest BCUT2D eigenvalue weighted by Crippen LogP contribution is -2.27. The van der Waals surface area contributed by atoms with Crippen molar-refractivity contribution in [3.63, 3.8) is 0 Å². The van der Waals surface area contributed by atoms with Crippen LogP contribution < -0.4 is 4.90 Å². The summed E-state index contributed by atoms with van der Waals surface area (Å²) < 4.78 is 0. The molecular formula is C19H19Cl2N3S. The molecule has 1 atom stereocenters. The highest BCUT2D eigenvalue weighted by molar-refractivity contribution is 7.14. The molecule has 0 aliphatic carbocycles. The summed E-state index contributed by atoms with van der Waals surface area (Å²) in [5.41, 5.74) is 3.01. The number of hydrogen-bond acceptors (Lipinski definition) is 4. The third-order valence-electron chi connectivity index (χ3n) is 4.07. The minimum Gasteiger partial charge on any atom is -0.341 e. The second-order valence-corrected chi connectivity index (χ2v) is 7.47. The predicted octanol–water partition coefficient (Wildman–Crippen LogP) is 6.49. The van der Waals surface area contributed by atoms with E-state index in [0.717, 1.165) is 29.4 Å². The minimum atomic E-state index is 0.225. The molecule has 0 amide bonds. The monoisotopic (exact) mass is 391 g/mol. The van der Waals surface area contributed by atoms with Crippen molar-refractivity contribution < 1.29 is 0 Å². The number of aromatic nitrogens is 2. The van der Waals surface area contributed by atoms with Gasteiger partial charge in [0.15, 0.2) is 5.13 Å². The molecule has 2 heterocycles. The Bertz CT molecular complexity index is 836. The van der Waals surface area contributed by atoms with Crippen LogP contribution in [0.4, 0.5) is 5.13 Å². The van der Waals surface area contributed by atoms with Crippen LogP contribution >= 0.6 is 34.5 Å². The second-order valence-electron chi connectivity index (χ2n) is 5.79. The van der Waals surface area contributed by atoms with E-state index in [1.165, 1.54) is 5.56 Å². The van der Waals surface area contributed by atoms with Crippen molar-refractivity contribution in [3.05, 3.63) is 63.7 Å². The third-order valence-corrected chi connectivity index (χ3v) is 5.49. The van der Waals surface area contributed by atoms with Crippen molar-refractivity contribution in [2.24, 2.45) is 0 Å². The molecule has 25 heavy (non-hydrogen) atoms. The Morgan fingerprint density at radius 3 is 2.60 bits per heavy atom. The molecule has 0 saturated heterocycles. The summed E-state index contributed by atoms with van der Waals surface area (Å²) in [6.07, 6.45) is 4.71. The van der Waals surface area contributed by atoms with Gasteiger partial charge in [0.25, 0.3) is 0 Å². The molecular weight excluding hydrogens is 373 g/mol. The molecule has 0 N–H and O–H groups in total. The maximum atomic E-state index is 6.33. The molecule has 3 aromatic rings. The van der Waals surface area contributed by atoms with E-state index >= 15 is 0 Å². The van der Waals surface area contributed by atoms with Gasteiger partial charge in [-0.25, -0.2) is 4.98 Å². The molecule has 0 aliphatic heterocycles. The Hall–Kier alpha value is -1.62. The fourth-order valence-electron chi connectivity index (χ4n) is 2.73. The summed E-state index contributed by atoms with van der Waals surface area (Å²) >= 11 is 14.0. The minimum absolute atomic E-state index is 0.225. The van der Waals surface area contributed by atoms with E-state index in [2.05, 4.69) is 35.9 Å². The molecule has 2 aromatic heterocycles. The first-order chi connectivity index (χ1) is 12.1. The highest BCUT2D eigenvalue weighted by Crippen LogP contribution is 2.36. The van der Waals surface area contributed by atoms with Gasteiger partial charge in [0.05, 0.1) is 16.8 Å². The number of halogens is 2. The van der Waals surface area contributed by atoms with Crippen LogP contribution in [0.2, 0.25) is 10.0 Å². The van der Waals surface area contributed by atoms with Crippen molar-refractivity contribution in [1.29, 1.82) is 0 Å². The van der Waals surface area contributed by atoms with E-state index in [9.17, 15) is 0 Å². The first kappa shape index (κ1) is 18.2. The summed E-state index contributed by atoms with van der Waals surface area (Å²) in [4.78, 5) is 11.3. The first-order valence-electron chi connectivity index (χ1n) is 8.17. The molecule has 0 spiro atoms. The number of anilines is 1. The van der Waals surface area contributed by atoms with Crippen molar-refractivity contribution in [1.82, 2.24) is 9.97 Å². The number of thiazole rings is 1. The number of pyridine rings is 1. The van der Waals surface area contributed by atoms with E-state index in [4.69, 9.17) is 28.2 Å². The zero-order valence-corrected chi connectivity index (χ0v) is 16.4. The Balaban J connectivity index is 1.92. The molecule has 0 bridgehead atoms. The zero-order valence-electron chi connectivity index (χ0n) is 14.1. The molecule has 1 aromatic carbocycles. The maximum absolute atomic E-state index is 6.33. The quantitative estimate of drug-likeness (QED) is 0.480. The normalized spacial score (nSPS) is 12.2. The lowest BCUT2D eigenvalue weighted by atomic mass is 10.1. The highest BCUT2D eigenvalue weighted by Gasteiger charge is 2.19. The molecule has 0 fully saturated rings. The number of nitrogens with zero attached hydrogens (tertiary/aromatic N) is 3. The van der Waals surface area contributed by atoms with Crippen molar-refractivity contribution in [2.75, 3.05) is 11.4 Å². The largest absolute Gasteiger partial charge is 0.341 e. The summed E-state index contributed by atoms with van der Waals surface area (Å²) in [5, 5.41) is 4.29. The zero-order chi connectivity index (χ0) is 17.8. The molecule has 1 unspecified atom stereocenters. The molecule has 0 saturated carbocycles. The standard InChI is InChI=1S/C19H19Cl2N3S/c1-3-10-24(13(2)14-6-8-22-9-7-14)19-23-18(12-25-19)16-5-4-15(20)11-17(16)21/h4-9,11-13H,3,10H2,1-2H3. The van der Waals surface area contributed by atoms with Crippen molar-refractivity contribution >= 4 is 39.7 Å². The topological polar surface area (TPSA) is 29.0 Å². The first-order valence-corrected chi connectivity index (χ1v) is 9.81. The molecule has 6 heteroatoms. The van der Waals surface area contributed by atoms with Crippen LogP contribution in [-0.2, 0) is 0 Å². The Kier molecular flexibility index (Phi) is 5.94. The van der Waals surface area contributed by atoms with Gasteiger partial charge in [-0.05, 0) is 49.2 Å². The summed E-state index contributed by atoms with van der Waals surface area (Å²) in [7, 11) is 0. The summed E-state index contributed by atoms with van der Waals surface area (Å²) in [6, 6.07) is 9.84. The molecule has 0 aliphatic rings. The second kappa shape index (κ2) is 8.17. The van der Waals surface area contributed by atoms with Gasteiger partial charge < -0.3 is 4.90 Å². The van der Waals surface area contributed by atoms with Gasteiger partial charge in [0.1, 0.15) is 0 Å². The Morgan fingerprint density at radius 1 is 1.16 bits per heavy atom. The van der Waals surface area contributed by atoms with E-state index in [1.54, 1.807) is 17.4 Å². The Labute approximate surface area is 162 Å². The van der Waals surface area contributed by atoms with Crippen LogP contribution in [0.25, 0.3) is 11.3 Å². The van der Waals surface area contributed by atoms with Gasteiger partial charge in [-0.1, -0.05) is 30.1 Å². The van der Waals surface area contributed by atoms with Gasteiger partial charge in [-0.15, -0.1) is 11.3 Å². The van der Waals surface area contributed by atoms with E-state index in [-0.39, 0.29) is 6.04 Å². The van der Waals surface area contributed by atoms with E-state index in [0.29, 0.717) is 10.0 Å². The van der Waals surface area contributed by atoms with Gasteiger partial charge in [0.2, 0.25) is 0 Å². The average Bonchev–Trinajstić information content (AvgIpc) is 3.09. The SMILES string of the molecule is CCCN(c1nc(-c2ccc(Cl)cc2Cl)cs1)C(C)c1ccncc1. The van der Waals surface area contributed by atoms with E-state index in [1.807, 2.05) is 29.9 Å². The number of rotatable bonds is 6. The predicted molar refractivity (Wildman–Crippen MR) is 108 cm³/mol. The van der Waals surface area contributed by atoms with E-state index < -0.39 is 0 Å². The van der Waals surface area contributed by atoms with Crippen molar-refractivity contribution in [3.8, 4) is 11.3 Å². The van der Waals surface area contributed by atoms with Crippen LogP contribution in [0.3, 0.4) is 0 Å². The van der Waals surface area contributed by atoms with Gasteiger partial charge in [-0.2, -0.15) is 0 Å². The van der Waals surface area contributed by atoms with Crippen LogP contribution in [0.1, 0.15) is 31.9 Å². The third kappa shape index (κ3) is 4.14. The van der Waals surface area contributed by atoms with Gasteiger partial charge in [0, 0.05) is 34.9 Å². The maximum Gasteiger partial charge on any atom is 0.186 e. The average molecular weight is 392 g/mol. The van der Waals surface area contributed by atoms with Crippen LogP contribution in [-0.4, -0.2) is 16.5 Å². The summed E-state index contributed by atoms with van der Waals surface area (Å²) in [5.74, 6) is 0. The summed E-state index contributed by atoms with van der Waals surface area (Å²) in [6.45, 7) is 5.31. The fourth-order valence-corrected chi connectivity index (χ4v) is 4.17. The lowest BCUT2D eigenvalue weighted by Gasteiger charge is -2.28. The molecule has 130 valence electrons.